The van der Waals surface area contributed by atoms with Crippen molar-refractivity contribution >= 4 is 11.6 Å². The van der Waals surface area contributed by atoms with Gasteiger partial charge in [-0.05, 0) is 37.2 Å². The summed E-state index contributed by atoms with van der Waals surface area (Å²) in [6, 6.07) is 7.57. The van der Waals surface area contributed by atoms with Gasteiger partial charge in [0.15, 0.2) is 0 Å². The smallest absolute Gasteiger partial charge is 0.269 e. The zero-order valence-electron chi connectivity index (χ0n) is 12.5. The lowest BCUT2D eigenvalue weighted by Crippen LogP contribution is -2.39. The highest BCUT2D eigenvalue weighted by atomic mass is 16.6. The highest BCUT2D eigenvalue weighted by molar-refractivity contribution is 5.76. The molecule has 1 aromatic carbocycles. The van der Waals surface area contributed by atoms with Crippen molar-refractivity contribution in [3.63, 3.8) is 0 Å². The minimum absolute atomic E-state index is 0.0396. The number of benzene rings is 1. The molecule has 2 fully saturated rings. The van der Waals surface area contributed by atoms with E-state index in [0.29, 0.717) is 31.0 Å². The maximum absolute atomic E-state index is 12.1. The number of carbonyl (C=O) groups excluding carboxylic acids is 1. The van der Waals surface area contributed by atoms with Gasteiger partial charge in [-0.3, -0.25) is 14.9 Å². The van der Waals surface area contributed by atoms with Crippen LogP contribution >= 0.6 is 0 Å². The van der Waals surface area contributed by atoms with Crippen molar-refractivity contribution in [2.75, 3.05) is 0 Å². The number of non-ortho nitro benzene ring substituents is 1. The monoisotopic (exact) mass is 303 g/mol. The molecule has 1 aromatic rings. The molecule has 2 atom stereocenters. The third-order valence-corrected chi connectivity index (χ3v) is 4.66. The van der Waals surface area contributed by atoms with E-state index in [1.165, 1.54) is 25.0 Å². The Morgan fingerprint density at radius 2 is 2.05 bits per heavy atom. The van der Waals surface area contributed by atoms with E-state index in [-0.39, 0.29) is 11.6 Å². The number of nitro benzene ring substituents is 1. The lowest BCUT2D eigenvalue weighted by molar-refractivity contribution is -0.384. The summed E-state index contributed by atoms with van der Waals surface area (Å²) in [6.45, 7) is 0.346. The van der Waals surface area contributed by atoms with Gasteiger partial charge in [-0.25, -0.2) is 0 Å². The van der Waals surface area contributed by atoms with Crippen LogP contribution in [0.25, 0.3) is 0 Å². The minimum atomic E-state index is -0.421. The number of nitrogens with one attached hydrogen (secondary N) is 2. The Morgan fingerprint density at radius 1 is 1.32 bits per heavy atom. The number of hydrogen-bond acceptors (Lipinski definition) is 4. The van der Waals surface area contributed by atoms with Crippen LogP contribution in [0.15, 0.2) is 24.3 Å². The Hall–Kier alpha value is -1.95. The Kier molecular flexibility index (Phi) is 4.38. The molecule has 2 heterocycles. The number of nitrogens with zero attached hydrogens (tertiary/aromatic N) is 1. The highest BCUT2D eigenvalue weighted by Crippen LogP contribution is 2.32. The number of amides is 1. The fourth-order valence-electron chi connectivity index (χ4n) is 3.66. The Morgan fingerprint density at radius 3 is 2.73 bits per heavy atom. The van der Waals surface area contributed by atoms with Crippen molar-refractivity contribution in [3.05, 3.63) is 39.9 Å². The van der Waals surface area contributed by atoms with Gasteiger partial charge in [0.2, 0.25) is 5.91 Å². The molecule has 2 aliphatic heterocycles. The first-order valence-electron chi connectivity index (χ1n) is 7.86. The molecular weight excluding hydrogens is 282 g/mol. The first-order chi connectivity index (χ1) is 10.6. The lowest BCUT2D eigenvalue weighted by Gasteiger charge is -2.28. The van der Waals surface area contributed by atoms with Crippen LogP contribution in [-0.2, 0) is 11.3 Å². The molecule has 2 N–H and O–H groups in total. The largest absolute Gasteiger partial charge is 0.352 e. The normalized spacial score (nSPS) is 26.6. The number of rotatable bonds is 5. The maximum atomic E-state index is 12.1. The molecule has 2 aliphatic rings. The predicted octanol–water partition coefficient (Wildman–Crippen LogP) is 2.13. The molecule has 3 rings (SSSR count). The topological polar surface area (TPSA) is 84.3 Å². The molecule has 0 saturated carbocycles. The van der Waals surface area contributed by atoms with Gasteiger partial charge >= 0.3 is 0 Å². The van der Waals surface area contributed by atoms with E-state index in [1.54, 1.807) is 12.1 Å². The second-order valence-electron chi connectivity index (χ2n) is 6.38. The molecular formula is C16H21N3O3. The summed E-state index contributed by atoms with van der Waals surface area (Å²) in [5, 5.41) is 17.2. The lowest BCUT2D eigenvalue weighted by atomic mass is 9.89. The van der Waals surface area contributed by atoms with Crippen LogP contribution < -0.4 is 10.6 Å². The van der Waals surface area contributed by atoms with E-state index in [2.05, 4.69) is 10.6 Å². The molecule has 118 valence electrons. The molecule has 0 aromatic heterocycles. The zero-order chi connectivity index (χ0) is 15.5. The summed E-state index contributed by atoms with van der Waals surface area (Å²) in [5.41, 5.74) is 0.814. The quantitative estimate of drug-likeness (QED) is 0.644. The molecule has 0 aliphatic carbocycles. The number of nitro groups is 1. The van der Waals surface area contributed by atoms with Crippen LogP contribution in [0.4, 0.5) is 5.69 Å². The predicted molar refractivity (Wildman–Crippen MR) is 82.2 cm³/mol. The van der Waals surface area contributed by atoms with Gasteiger partial charge in [-0.15, -0.1) is 0 Å². The average molecular weight is 303 g/mol. The molecule has 2 saturated heterocycles. The van der Waals surface area contributed by atoms with Gasteiger partial charge in [0.05, 0.1) is 4.92 Å². The second kappa shape index (κ2) is 6.44. The summed E-state index contributed by atoms with van der Waals surface area (Å²) in [4.78, 5) is 22.4. The number of hydrogen-bond donors (Lipinski definition) is 2. The van der Waals surface area contributed by atoms with Gasteiger partial charge in [-0.2, -0.15) is 0 Å². The Bertz CT molecular complexity index is 564. The van der Waals surface area contributed by atoms with Crippen molar-refractivity contribution in [1.29, 1.82) is 0 Å². The number of fused-ring (bicyclic) bond motifs is 2. The summed E-state index contributed by atoms with van der Waals surface area (Å²) < 4.78 is 0. The zero-order valence-corrected chi connectivity index (χ0v) is 12.5. The van der Waals surface area contributed by atoms with E-state index in [0.717, 1.165) is 18.4 Å². The standard InChI is InChI=1S/C16H21N3O3/c20-16(9-12-6-13-4-5-14(7-12)18-13)17-10-11-2-1-3-15(8-11)19(21)22/h1-3,8,12-14,18H,4-7,9-10H2,(H,17,20). The Balaban J connectivity index is 1.48. The summed E-state index contributed by atoms with van der Waals surface area (Å²) in [7, 11) is 0. The maximum Gasteiger partial charge on any atom is 0.269 e. The van der Waals surface area contributed by atoms with Crippen LogP contribution in [-0.4, -0.2) is 22.9 Å². The van der Waals surface area contributed by atoms with Gasteiger partial charge in [0.1, 0.15) is 0 Å². The van der Waals surface area contributed by atoms with E-state index in [1.807, 2.05) is 0 Å². The fraction of sp³-hybridized carbons (Fsp3) is 0.562. The third kappa shape index (κ3) is 3.62. The van der Waals surface area contributed by atoms with Crippen LogP contribution in [0.2, 0.25) is 0 Å². The van der Waals surface area contributed by atoms with Crippen molar-refractivity contribution in [3.8, 4) is 0 Å². The van der Waals surface area contributed by atoms with Crippen LogP contribution in [0.3, 0.4) is 0 Å². The van der Waals surface area contributed by atoms with Crippen LogP contribution in [0.5, 0.6) is 0 Å². The van der Waals surface area contributed by atoms with E-state index < -0.39 is 4.92 Å². The van der Waals surface area contributed by atoms with Crippen LogP contribution in [0, 0.1) is 16.0 Å². The molecule has 22 heavy (non-hydrogen) atoms. The van der Waals surface area contributed by atoms with Crippen LogP contribution in [0.1, 0.15) is 37.7 Å². The molecule has 6 nitrogen and oxygen atoms in total. The van der Waals surface area contributed by atoms with Gasteiger partial charge in [-0.1, -0.05) is 12.1 Å². The minimum Gasteiger partial charge on any atom is -0.352 e. The van der Waals surface area contributed by atoms with E-state index >= 15 is 0 Å². The Labute approximate surface area is 129 Å². The molecule has 0 radical (unpaired) electrons. The summed E-state index contributed by atoms with van der Waals surface area (Å²) in [5.74, 6) is 0.502. The average Bonchev–Trinajstić information content (AvgIpc) is 2.84. The molecule has 0 spiro atoms. The molecule has 6 heteroatoms. The first-order valence-corrected chi connectivity index (χ1v) is 7.86. The van der Waals surface area contributed by atoms with Crippen molar-refractivity contribution in [2.24, 2.45) is 5.92 Å². The van der Waals surface area contributed by atoms with Gasteiger partial charge < -0.3 is 10.6 Å². The second-order valence-corrected chi connectivity index (χ2v) is 6.38. The number of piperidine rings is 1. The van der Waals surface area contributed by atoms with Gasteiger partial charge in [0, 0.05) is 37.2 Å². The molecule has 1 amide bonds. The van der Waals surface area contributed by atoms with E-state index in [9.17, 15) is 14.9 Å². The number of carbonyl (C=O) groups is 1. The third-order valence-electron chi connectivity index (χ3n) is 4.66. The highest BCUT2D eigenvalue weighted by Gasteiger charge is 2.34. The van der Waals surface area contributed by atoms with Gasteiger partial charge in [0.25, 0.3) is 5.69 Å². The SMILES string of the molecule is O=C(CC1CC2CCC(C1)N2)NCc1cccc([N+](=O)[O-])c1. The van der Waals surface area contributed by atoms with E-state index in [4.69, 9.17) is 0 Å². The molecule has 2 unspecified atom stereocenters. The van der Waals surface area contributed by atoms with Crippen molar-refractivity contribution < 1.29 is 9.72 Å². The first kappa shape index (κ1) is 15.0. The summed E-state index contributed by atoms with van der Waals surface area (Å²) >= 11 is 0. The fourth-order valence-corrected chi connectivity index (χ4v) is 3.66. The van der Waals surface area contributed by atoms with Crippen molar-refractivity contribution in [2.45, 2.75) is 50.7 Å². The molecule has 2 bridgehead atoms. The summed E-state index contributed by atoms with van der Waals surface area (Å²) in [6.07, 6.45) is 5.19. The van der Waals surface area contributed by atoms with Crippen molar-refractivity contribution in [1.82, 2.24) is 10.6 Å².